The smallest absolute Gasteiger partial charge is 0.256 e. The van der Waals surface area contributed by atoms with Gasteiger partial charge in [-0.1, -0.05) is 26.0 Å². The lowest BCUT2D eigenvalue weighted by Gasteiger charge is -2.29. The Morgan fingerprint density at radius 3 is 2.63 bits per heavy atom. The maximum Gasteiger partial charge on any atom is 0.267 e. The van der Waals surface area contributed by atoms with Crippen LogP contribution in [0.2, 0.25) is 0 Å². The summed E-state index contributed by atoms with van der Waals surface area (Å²) in [4.78, 5) is 4.49. The molecule has 104 valence electrons. The maximum atomic E-state index is 12.5. The molecule has 0 aromatic heterocycles. The molecule has 19 heavy (non-hydrogen) atoms. The number of thiol groups is 1. The Balaban J connectivity index is 2.32. The number of benzene rings is 1. The molecule has 0 saturated heterocycles. The van der Waals surface area contributed by atoms with Crippen molar-refractivity contribution in [3.05, 3.63) is 24.3 Å². The molecule has 1 unspecified atom stereocenters. The Hall–Kier alpha value is -1.01. The van der Waals surface area contributed by atoms with Crippen LogP contribution in [0, 0.1) is 11.8 Å². The molecule has 1 aromatic rings. The lowest BCUT2D eigenvalue weighted by atomic mass is 9.98. The highest BCUT2D eigenvalue weighted by molar-refractivity contribution is 7.89. The number of rotatable bonds is 4. The SMILES string of the molecule is CC(C)C(CS)CN1C=Nc2ccccc2S1(=O)=O. The fourth-order valence-corrected chi connectivity index (χ4v) is 3.94. The molecule has 0 radical (unpaired) electrons. The third kappa shape index (κ3) is 2.79. The molecule has 0 bridgehead atoms. The van der Waals surface area contributed by atoms with Gasteiger partial charge in [-0.15, -0.1) is 0 Å². The molecule has 2 rings (SSSR count). The zero-order valence-corrected chi connectivity index (χ0v) is 12.7. The zero-order valence-electron chi connectivity index (χ0n) is 11.0. The van der Waals surface area contributed by atoms with Crippen molar-refractivity contribution in [2.75, 3.05) is 12.3 Å². The molecule has 0 spiro atoms. The van der Waals surface area contributed by atoms with Crippen LogP contribution in [0.3, 0.4) is 0 Å². The fourth-order valence-electron chi connectivity index (χ4n) is 1.95. The van der Waals surface area contributed by atoms with Crippen molar-refractivity contribution in [3.63, 3.8) is 0 Å². The van der Waals surface area contributed by atoms with Crippen molar-refractivity contribution in [3.8, 4) is 0 Å². The Kier molecular flexibility index (Phi) is 4.20. The van der Waals surface area contributed by atoms with Gasteiger partial charge in [0, 0.05) is 6.54 Å². The van der Waals surface area contributed by atoms with Gasteiger partial charge < -0.3 is 0 Å². The third-order valence-electron chi connectivity index (χ3n) is 3.37. The summed E-state index contributed by atoms with van der Waals surface area (Å²) >= 11 is 4.30. The summed E-state index contributed by atoms with van der Waals surface area (Å²) in [6, 6.07) is 6.80. The number of hydrogen-bond acceptors (Lipinski definition) is 4. The fraction of sp³-hybridized carbons (Fsp3) is 0.462. The molecule has 1 aromatic carbocycles. The van der Waals surface area contributed by atoms with Crippen LogP contribution in [-0.2, 0) is 10.0 Å². The Morgan fingerprint density at radius 1 is 1.32 bits per heavy atom. The number of nitrogens with zero attached hydrogens (tertiary/aromatic N) is 2. The van der Waals surface area contributed by atoms with Crippen LogP contribution in [0.15, 0.2) is 34.2 Å². The minimum atomic E-state index is -3.47. The second kappa shape index (κ2) is 5.54. The highest BCUT2D eigenvalue weighted by atomic mass is 32.2. The molecule has 0 amide bonds. The maximum absolute atomic E-state index is 12.5. The molecule has 0 fully saturated rings. The van der Waals surface area contributed by atoms with Crippen LogP contribution >= 0.6 is 12.6 Å². The van der Waals surface area contributed by atoms with E-state index in [4.69, 9.17) is 0 Å². The Labute approximate surface area is 120 Å². The largest absolute Gasteiger partial charge is 0.267 e. The highest BCUT2D eigenvalue weighted by Crippen LogP contribution is 2.30. The van der Waals surface area contributed by atoms with Crippen LogP contribution in [-0.4, -0.2) is 31.4 Å². The standard InChI is InChI=1S/C13H18N2O2S2/c1-10(2)11(8-18)7-15-9-14-12-5-3-4-6-13(12)19(15,16)17/h3-6,9-11,18H,7-8H2,1-2H3. The lowest BCUT2D eigenvalue weighted by Crippen LogP contribution is -2.37. The number of hydrogen-bond donors (Lipinski definition) is 1. The molecule has 6 heteroatoms. The summed E-state index contributed by atoms with van der Waals surface area (Å²) in [6.07, 6.45) is 1.41. The van der Waals surface area contributed by atoms with Crippen LogP contribution < -0.4 is 0 Å². The van der Waals surface area contributed by atoms with Crippen molar-refractivity contribution < 1.29 is 8.42 Å². The first-order valence-corrected chi connectivity index (χ1v) is 8.30. The zero-order chi connectivity index (χ0) is 14.0. The molecule has 1 aliphatic heterocycles. The number of para-hydroxylation sites is 1. The Bertz CT molecular complexity index is 582. The molecule has 1 atom stereocenters. The predicted octanol–water partition coefficient (Wildman–Crippen LogP) is 2.55. The van der Waals surface area contributed by atoms with E-state index in [1.54, 1.807) is 24.3 Å². The first-order chi connectivity index (χ1) is 8.96. The molecular weight excluding hydrogens is 280 g/mol. The predicted molar refractivity (Wildman–Crippen MR) is 80.7 cm³/mol. The number of aliphatic imine (C=N–C) groups is 1. The third-order valence-corrected chi connectivity index (χ3v) is 5.60. The molecule has 1 heterocycles. The van der Waals surface area contributed by atoms with E-state index >= 15 is 0 Å². The summed E-state index contributed by atoms with van der Waals surface area (Å²) in [5, 5.41) is 0. The topological polar surface area (TPSA) is 49.7 Å². The van der Waals surface area contributed by atoms with Gasteiger partial charge in [-0.25, -0.2) is 13.4 Å². The first-order valence-electron chi connectivity index (χ1n) is 6.22. The Morgan fingerprint density at radius 2 is 2.00 bits per heavy atom. The van der Waals surface area contributed by atoms with E-state index < -0.39 is 10.0 Å². The monoisotopic (exact) mass is 298 g/mol. The van der Waals surface area contributed by atoms with E-state index in [1.807, 2.05) is 0 Å². The minimum Gasteiger partial charge on any atom is -0.256 e. The molecule has 4 nitrogen and oxygen atoms in total. The second-order valence-electron chi connectivity index (χ2n) is 4.97. The summed E-state index contributed by atoms with van der Waals surface area (Å²) in [6.45, 7) is 4.56. The van der Waals surface area contributed by atoms with Gasteiger partial charge >= 0.3 is 0 Å². The minimum absolute atomic E-state index is 0.204. The van der Waals surface area contributed by atoms with Crippen LogP contribution in [0.1, 0.15) is 13.8 Å². The van der Waals surface area contributed by atoms with Gasteiger partial charge in [-0.2, -0.15) is 12.6 Å². The van der Waals surface area contributed by atoms with E-state index in [2.05, 4.69) is 31.5 Å². The summed E-state index contributed by atoms with van der Waals surface area (Å²) < 4.78 is 26.3. The summed E-state index contributed by atoms with van der Waals surface area (Å²) in [5.41, 5.74) is 0.505. The molecule has 0 saturated carbocycles. The van der Waals surface area contributed by atoms with E-state index in [-0.39, 0.29) is 10.8 Å². The molecule has 1 aliphatic rings. The number of fused-ring (bicyclic) bond motifs is 1. The van der Waals surface area contributed by atoms with Gasteiger partial charge in [-0.05, 0) is 29.7 Å². The summed E-state index contributed by atoms with van der Waals surface area (Å²) in [5.74, 6) is 1.23. The first kappa shape index (κ1) is 14.4. The van der Waals surface area contributed by atoms with Crippen LogP contribution in [0.5, 0.6) is 0 Å². The second-order valence-corrected chi connectivity index (χ2v) is 7.20. The molecule has 0 aliphatic carbocycles. The van der Waals surface area contributed by atoms with Crippen molar-refractivity contribution in [2.45, 2.75) is 18.7 Å². The van der Waals surface area contributed by atoms with Crippen LogP contribution in [0.25, 0.3) is 0 Å². The van der Waals surface area contributed by atoms with E-state index in [9.17, 15) is 8.42 Å². The average molecular weight is 298 g/mol. The van der Waals surface area contributed by atoms with Gasteiger partial charge in [0.15, 0.2) is 0 Å². The quantitative estimate of drug-likeness (QED) is 0.869. The van der Waals surface area contributed by atoms with Crippen molar-refractivity contribution >= 4 is 34.7 Å². The van der Waals surface area contributed by atoms with Gasteiger partial charge in [-0.3, -0.25) is 4.31 Å². The van der Waals surface area contributed by atoms with Gasteiger partial charge in [0.05, 0.1) is 5.69 Å². The molecule has 0 N–H and O–H groups in total. The van der Waals surface area contributed by atoms with Crippen molar-refractivity contribution in [2.24, 2.45) is 16.8 Å². The van der Waals surface area contributed by atoms with E-state index in [1.165, 1.54) is 10.6 Å². The summed E-state index contributed by atoms with van der Waals surface area (Å²) in [7, 11) is -3.47. The van der Waals surface area contributed by atoms with Gasteiger partial charge in [0.2, 0.25) is 0 Å². The molecular formula is C13H18N2O2S2. The van der Waals surface area contributed by atoms with E-state index in [0.717, 1.165) is 0 Å². The van der Waals surface area contributed by atoms with Gasteiger partial charge in [0.1, 0.15) is 11.2 Å². The average Bonchev–Trinajstić information content (AvgIpc) is 2.37. The van der Waals surface area contributed by atoms with Crippen molar-refractivity contribution in [1.82, 2.24) is 4.31 Å². The van der Waals surface area contributed by atoms with E-state index in [0.29, 0.717) is 23.9 Å². The lowest BCUT2D eigenvalue weighted by molar-refractivity contribution is 0.370. The van der Waals surface area contributed by atoms with Gasteiger partial charge in [0.25, 0.3) is 10.0 Å². The van der Waals surface area contributed by atoms with Crippen LogP contribution in [0.4, 0.5) is 5.69 Å². The number of sulfonamides is 1. The van der Waals surface area contributed by atoms with Crippen molar-refractivity contribution in [1.29, 1.82) is 0 Å². The highest BCUT2D eigenvalue weighted by Gasteiger charge is 2.30. The normalized spacial score (nSPS) is 18.4.